The van der Waals surface area contributed by atoms with E-state index in [9.17, 15) is 13.2 Å². The lowest BCUT2D eigenvalue weighted by Gasteiger charge is -2.13. The summed E-state index contributed by atoms with van der Waals surface area (Å²) in [5, 5.41) is 17.1. The molecule has 0 saturated heterocycles. The molecule has 1 heterocycles. The van der Waals surface area contributed by atoms with E-state index in [1.807, 2.05) is 0 Å². The van der Waals surface area contributed by atoms with Crippen LogP contribution in [0.5, 0.6) is 0 Å². The van der Waals surface area contributed by atoms with Crippen LogP contribution in [0.25, 0.3) is 5.69 Å². The zero-order valence-corrected chi connectivity index (χ0v) is 11.5. The van der Waals surface area contributed by atoms with Crippen molar-refractivity contribution in [2.24, 2.45) is 0 Å². The lowest BCUT2D eigenvalue weighted by atomic mass is 10.3. The van der Waals surface area contributed by atoms with Crippen LogP contribution in [-0.2, 0) is 0 Å². The molecule has 0 amide bonds. The van der Waals surface area contributed by atoms with Crippen LogP contribution in [0.1, 0.15) is 0 Å². The first kappa shape index (κ1) is 15.1. The van der Waals surface area contributed by atoms with Crippen LogP contribution in [0, 0.1) is 0 Å². The first-order valence-corrected chi connectivity index (χ1v) is 6.78. The van der Waals surface area contributed by atoms with E-state index in [0.29, 0.717) is 10.7 Å². The highest BCUT2D eigenvalue weighted by Crippen LogP contribution is 2.27. The summed E-state index contributed by atoms with van der Waals surface area (Å²) in [6, 6.07) is 6.74. The maximum atomic E-state index is 12.2. The smallest absolute Gasteiger partial charge is 0.383 e. The normalized spacial score (nSPS) is 13.4. The molecule has 0 fully saturated rings. The Morgan fingerprint density at radius 1 is 1.40 bits per heavy atom. The van der Waals surface area contributed by atoms with Crippen LogP contribution in [0.4, 0.5) is 13.2 Å². The van der Waals surface area contributed by atoms with E-state index in [1.54, 1.807) is 24.3 Å². The molecule has 1 atom stereocenters. The second kappa shape index (κ2) is 6.02. The van der Waals surface area contributed by atoms with Crippen molar-refractivity contribution in [1.82, 2.24) is 14.8 Å². The van der Waals surface area contributed by atoms with E-state index < -0.39 is 18.0 Å². The number of benzene rings is 1. The molecule has 20 heavy (non-hydrogen) atoms. The Morgan fingerprint density at radius 2 is 2.15 bits per heavy atom. The van der Waals surface area contributed by atoms with E-state index in [4.69, 9.17) is 16.7 Å². The van der Waals surface area contributed by atoms with Crippen molar-refractivity contribution < 1.29 is 18.3 Å². The Kier molecular flexibility index (Phi) is 4.56. The number of thioether (sulfide) groups is 1. The zero-order valence-electron chi connectivity index (χ0n) is 9.88. The van der Waals surface area contributed by atoms with E-state index in [1.165, 1.54) is 10.9 Å². The van der Waals surface area contributed by atoms with E-state index in [2.05, 4.69) is 10.2 Å². The second-order valence-corrected chi connectivity index (χ2v) is 5.26. The van der Waals surface area contributed by atoms with Gasteiger partial charge in [0.15, 0.2) is 11.3 Å². The number of alkyl halides is 3. The molecule has 1 N–H and O–H groups in total. The first-order chi connectivity index (χ1) is 9.38. The third kappa shape index (κ3) is 3.65. The molecule has 0 bridgehead atoms. The molecule has 1 aromatic carbocycles. The maximum Gasteiger partial charge on any atom is 0.415 e. The number of aliphatic hydroxyl groups is 1. The monoisotopic (exact) mass is 323 g/mol. The van der Waals surface area contributed by atoms with Gasteiger partial charge in [-0.15, -0.1) is 10.2 Å². The van der Waals surface area contributed by atoms with Crippen molar-refractivity contribution in [1.29, 1.82) is 0 Å². The minimum absolute atomic E-state index is 0.246. The van der Waals surface area contributed by atoms with Gasteiger partial charge in [-0.05, 0) is 18.2 Å². The Morgan fingerprint density at radius 3 is 2.80 bits per heavy atom. The van der Waals surface area contributed by atoms with Gasteiger partial charge in [-0.25, -0.2) is 0 Å². The van der Waals surface area contributed by atoms with Gasteiger partial charge in [-0.3, -0.25) is 4.57 Å². The first-order valence-electron chi connectivity index (χ1n) is 5.41. The fourth-order valence-electron chi connectivity index (χ4n) is 1.37. The molecular formula is C11H9ClF3N3OS. The van der Waals surface area contributed by atoms with Crippen molar-refractivity contribution in [2.75, 3.05) is 5.75 Å². The van der Waals surface area contributed by atoms with Crippen LogP contribution in [0.2, 0.25) is 5.02 Å². The molecule has 4 nitrogen and oxygen atoms in total. The van der Waals surface area contributed by atoms with Crippen molar-refractivity contribution in [2.45, 2.75) is 17.4 Å². The van der Waals surface area contributed by atoms with Crippen LogP contribution >= 0.6 is 23.4 Å². The Balaban J connectivity index is 2.14. The summed E-state index contributed by atoms with van der Waals surface area (Å²) >= 11 is 6.62. The second-order valence-electron chi connectivity index (χ2n) is 3.83. The van der Waals surface area contributed by atoms with Crippen molar-refractivity contribution in [3.05, 3.63) is 35.6 Å². The van der Waals surface area contributed by atoms with Crippen LogP contribution in [0.3, 0.4) is 0 Å². The highest BCUT2D eigenvalue weighted by atomic mass is 35.5. The molecule has 0 aliphatic rings. The van der Waals surface area contributed by atoms with E-state index in [0.717, 1.165) is 11.8 Å². The lowest BCUT2D eigenvalue weighted by molar-refractivity contribution is -0.195. The average molecular weight is 324 g/mol. The standard InChI is InChI=1S/C11H9ClF3N3OS/c12-7-2-1-3-8(4-7)18-6-16-17-10(18)20-5-9(19)11(13,14)15/h1-4,6,9,19H,5H2. The molecule has 0 aliphatic heterocycles. The zero-order chi connectivity index (χ0) is 14.8. The molecule has 0 spiro atoms. The summed E-state index contributed by atoms with van der Waals surface area (Å²) in [6.07, 6.45) is -5.68. The van der Waals surface area contributed by atoms with Gasteiger partial charge in [0, 0.05) is 10.8 Å². The van der Waals surface area contributed by atoms with Gasteiger partial charge in [-0.1, -0.05) is 29.4 Å². The van der Waals surface area contributed by atoms with Gasteiger partial charge < -0.3 is 5.11 Å². The maximum absolute atomic E-state index is 12.2. The average Bonchev–Trinajstić information content (AvgIpc) is 2.83. The molecule has 0 radical (unpaired) electrons. The van der Waals surface area contributed by atoms with Gasteiger partial charge in [0.25, 0.3) is 0 Å². The molecule has 108 valence electrons. The van der Waals surface area contributed by atoms with E-state index >= 15 is 0 Å². The largest absolute Gasteiger partial charge is 0.415 e. The minimum atomic E-state index is -4.64. The third-order valence-electron chi connectivity index (χ3n) is 2.35. The van der Waals surface area contributed by atoms with Crippen LogP contribution in [0.15, 0.2) is 35.7 Å². The number of hydrogen-bond donors (Lipinski definition) is 1. The lowest BCUT2D eigenvalue weighted by Crippen LogP contribution is -2.30. The topological polar surface area (TPSA) is 50.9 Å². The predicted octanol–water partition coefficient (Wildman–Crippen LogP) is 2.94. The van der Waals surface area contributed by atoms with Crippen LogP contribution in [-0.4, -0.2) is 37.9 Å². The summed E-state index contributed by atoms with van der Waals surface area (Å²) in [7, 11) is 0. The fourth-order valence-corrected chi connectivity index (χ4v) is 2.45. The van der Waals surface area contributed by atoms with Crippen LogP contribution < -0.4 is 0 Å². The van der Waals surface area contributed by atoms with Gasteiger partial charge in [0.05, 0.1) is 5.69 Å². The number of nitrogens with zero attached hydrogens (tertiary/aromatic N) is 3. The Labute approximate surface area is 121 Å². The molecule has 0 aliphatic carbocycles. The SMILES string of the molecule is OC(CSc1nncn1-c1cccc(Cl)c1)C(F)(F)F. The highest BCUT2D eigenvalue weighted by molar-refractivity contribution is 7.99. The quantitative estimate of drug-likeness (QED) is 0.879. The molecule has 0 saturated carbocycles. The van der Waals surface area contributed by atoms with Crippen molar-refractivity contribution in [3.63, 3.8) is 0 Å². The van der Waals surface area contributed by atoms with E-state index in [-0.39, 0.29) is 5.16 Å². The number of aliphatic hydroxyl groups excluding tert-OH is 1. The molecule has 2 aromatic rings. The predicted molar refractivity (Wildman–Crippen MR) is 69.2 cm³/mol. The van der Waals surface area contributed by atoms with Crippen molar-refractivity contribution >= 4 is 23.4 Å². The number of rotatable bonds is 4. The van der Waals surface area contributed by atoms with Gasteiger partial charge in [0.2, 0.25) is 0 Å². The Hall–Kier alpha value is -1.25. The summed E-state index contributed by atoms with van der Waals surface area (Å²) < 4.78 is 38.2. The minimum Gasteiger partial charge on any atom is -0.383 e. The number of halogens is 4. The summed E-state index contributed by atoms with van der Waals surface area (Å²) in [5.41, 5.74) is 0.631. The summed E-state index contributed by atoms with van der Waals surface area (Å²) in [4.78, 5) is 0. The van der Waals surface area contributed by atoms with Gasteiger partial charge in [-0.2, -0.15) is 13.2 Å². The molecule has 2 rings (SSSR count). The van der Waals surface area contributed by atoms with Gasteiger partial charge in [0.1, 0.15) is 6.33 Å². The molecule has 1 aromatic heterocycles. The Bertz CT molecular complexity index is 590. The summed E-state index contributed by atoms with van der Waals surface area (Å²) in [5.74, 6) is -0.553. The number of aromatic nitrogens is 3. The molecule has 1 unspecified atom stereocenters. The summed E-state index contributed by atoms with van der Waals surface area (Å²) in [6.45, 7) is 0. The fraction of sp³-hybridized carbons (Fsp3) is 0.273. The third-order valence-corrected chi connectivity index (χ3v) is 3.61. The van der Waals surface area contributed by atoms with Crippen molar-refractivity contribution in [3.8, 4) is 5.69 Å². The van der Waals surface area contributed by atoms with Gasteiger partial charge >= 0.3 is 6.18 Å². The molecular weight excluding hydrogens is 315 g/mol. The number of hydrogen-bond acceptors (Lipinski definition) is 4. The highest BCUT2D eigenvalue weighted by Gasteiger charge is 2.38. The molecule has 9 heteroatoms.